The number of aromatic amines is 1. The number of nitrogens with one attached hydrogen (secondary N) is 1. The molecule has 2 heterocycles. The Morgan fingerprint density at radius 3 is 2.82 bits per heavy atom. The van der Waals surface area contributed by atoms with E-state index in [9.17, 15) is 0 Å². The average molecular weight is 278 g/mol. The Morgan fingerprint density at radius 2 is 2.09 bits per heavy atom. The molecule has 0 aromatic carbocycles. The van der Waals surface area contributed by atoms with Crippen LogP contribution in [-0.2, 0) is 0 Å². The van der Waals surface area contributed by atoms with E-state index in [1.54, 1.807) is 0 Å². The first-order valence-electron chi connectivity index (χ1n) is 2.80. The second-order valence-corrected chi connectivity index (χ2v) is 3.56. The molecule has 0 aliphatic heterocycles. The number of nitrogens with zero attached hydrogens (tertiary/aromatic N) is 3. The SMILES string of the molecule is Brc1cc2nnnc(Br)c2[nH]1. The van der Waals surface area contributed by atoms with Crippen LogP contribution in [0.25, 0.3) is 11.0 Å². The van der Waals surface area contributed by atoms with Crippen LogP contribution in [0, 0.1) is 0 Å². The molecule has 0 saturated carbocycles. The van der Waals surface area contributed by atoms with Gasteiger partial charge in [0.1, 0.15) is 11.0 Å². The molecule has 2 aromatic rings. The van der Waals surface area contributed by atoms with Gasteiger partial charge in [-0.25, -0.2) is 0 Å². The van der Waals surface area contributed by atoms with Crippen molar-refractivity contribution in [2.75, 3.05) is 0 Å². The molecule has 0 atom stereocenters. The van der Waals surface area contributed by atoms with Crippen LogP contribution in [-0.4, -0.2) is 20.4 Å². The molecule has 0 radical (unpaired) electrons. The van der Waals surface area contributed by atoms with Gasteiger partial charge in [0, 0.05) is 0 Å². The topological polar surface area (TPSA) is 54.5 Å². The molecular weight excluding hydrogens is 276 g/mol. The Morgan fingerprint density at radius 1 is 1.27 bits per heavy atom. The van der Waals surface area contributed by atoms with E-state index >= 15 is 0 Å². The molecule has 56 valence electrons. The first-order valence-corrected chi connectivity index (χ1v) is 4.39. The molecule has 0 bridgehead atoms. The third kappa shape index (κ3) is 1.16. The largest absolute Gasteiger partial charge is 0.346 e. The van der Waals surface area contributed by atoms with Crippen molar-refractivity contribution in [1.29, 1.82) is 0 Å². The van der Waals surface area contributed by atoms with Crippen LogP contribution in [0.2, 0.25) is 0 Å². The smallest absolute Gasteiger partial charge is 0.156 e. The van der Waals surface area contributed by atoms with Crippen LogP contribution in [0.4, 0.5) is 0 Å². The highest BCUT2D eigenvalue weighted by Crippen LogP contribution is 2.21. The molecule has 0 saturated heterocycles. The fraction of sp³-hybridized carbons (Fsp3) is 0. The normalized spacial score (nSPS) is 10.7. The zero-order valence-corrected chi connectivity index (χ0v) is 8.35. The van der Waals surface area contributed by atoms with Crippen molar-refractivity contribution >= 4 is 42.9 Å². The molecule has 4 nitrogen and oxygen atoms in total. The second kappa shape index (κ2) is 2.53. The summed E-state index contributed by atoms with van der Waals surface area (Å²) in [7, 11) is 0. The van der Waals surface area contributed by atoms with Gasteiger partial charge in [0.2, 0.25) is 0 Å². The van der Waals surface area contributed by atoms with Crippen LogP contribution in [0.1, 0.15) is 0 Å². The summed E-state index contributed by atoms with van der Waals surface area (Å²) in [5, 5.41) is 11.1. The predicted octanol–water partition coefficient (Wildman–Crippen LogP) is 1.88. The van der Waals surface area contributed by atoms with Crippen molar-refractivity contribution in [3.63, 3.8) is 0 Å². The zero-order valence-electron chi connectivity index (χ0n) is 5.17. The summed E-state index contributed by atoms with van der Waals surface area (Å²) < 4.78 is 1.55. The Labute approximate surface area is 78.7 Å². The summed E-state index contributed by atoms with van der Waals surface area (Å²) in [5.41, 5.74) is 1.64. The number of fused-ring (bicyclic) bond motifs is 1. The lowest BCUT2D eigenvalue weighted by Crippen LogP contribution is -1.87. The molecule has 2 aromatic heterocycles. The number of H-pyrrole nitrogens is 1. The summed E-state index contributed by atoms with van der Waals surface area (Å²) in [6, 6.07) is 1.84. The molecule has 0 spiro atoms. The third-order valence-electron chi connectivity index (χ3n) is 1.26. The Balaban J connectivity index is 2.90. The molecule has 1 N–H and O–H groups in total. The zero-order chi connectivity index (χ0) is 7.84. The van der Waals surface area contributed by atoms with Crippen LogP contribution < -0.4 is 0 Å². The van der Waals surface area contributed by atoms with Gasteiger partial charge >= 0.3 is 0 Å². The quantitative estimate of drug-likeness (QED) is 0.800. The van der Waals surface area contributed by atoms with E-state index in [2.05, 4.69) is 52.3 Å². The van der Waals surface area contributed by atoms with Gasteiger partial charge in [-0.05, 0) is 43.1 Å². The van der Waals surface area contributed by atoms with E-state index in [0.29, 0.717) is 4.60 Å². The van der Waals surface area contributed by atoms with Crippen LogP contribution in [0.3, 0.4) is 0 Å². The van der Waals surface area contributed by atoms with Crippen molar-refractivity contribution in [1.82, 2.24) is 20.4 Å². The van der Waals surface area contributed by atoms with E-state index < -0.39 is 0 Å². The van der Waals surface area contributed by atoms with E-state index in [0.717, 1.165) is 15.6 Å². The van der Waals surface area contributed by atoms with Gasteiger partial charge in [0.05, 0.1) is 4.60 Å². The van der Waals surface area contributed by atoms with E-state index in [-0.39, 0.29) is 0 Å². The fourth-order valence-corrected chi connectivity index (χ4v) is 1.60. The van der Waals surface area contributed by atoms with E-state index in [1.165, 1.54) is 0 Å². The van der Waals surface area contributed by atoms with Gasteiger partial charge in [-0.15, -0.1) is 10.2 Å². The monoisotopic (exact) mass is 276 g/mol. The van der Waals surface area contributed by atoms with Gasteiger partial charge < -0.3 is 4.98 Å². The highest BCUT2D eigenvalue weighted by Gasteiger charge is 2.03. The highest BCUT2D eigenvalue weighted by molar-refractivity contribution is 9.11. The summed E-state index contributed by atoms with van der Waals surface area (Å²) in [4.78, 5) is 3.03. The molecule has 0 unspecified atom stereocenters. The van der Waals surface area contributed by atoms with Crippen molar-refractivity contribution in [2.45, 2.75) is 0 Å². The molecule has 0 aliphatic rings. The number of hydrogen-bond acceptors (Lipinski definition) is 3. The Hall–Kier alpha value is -0.490. The Bertz CT molecular complexity index is 396. The van der Waals surface area contributed by atoms with E-state index in [1.807, 2.05) is 6.07 Å². The van der Waals surface area contributed by atoms with Crippen molar-refractivity contribution in [2.24, 2.45) is 0 Å². The van der Waals surface area contributed by atoms with Gasteiger partial charge in [0.25, 0.3) is 0 Å². The molecule has 2 rings (SSSR count). The molecule has 0 aliphatic carbocycles. The van der Waals surface area contributed by atoms with Crippen LogP contribution in [0.15, 0.2) is 15.3 Å². The molecule has 0 fully saturated rings. The van der Waals surface area contributed by atoms with Gasteiger partial charge in [0.15, 0.2) is 4.60 Å². The predicted molar refractivity (Wildman–Crippen MR) is 47.1 cm³/mol. The molecule has 6 heteroatoms. The minimum atomic E-state index is 0.674. The third-order valence-corrected chi connectivity index (χ3v) is 2.24. The van der Waals surface area contributed by atoms with Crippen LogP contribution in [0.5, 0.6) is 0 Å². The Kier molecular flexibility index (Phi) is 1.65. The van der Waals surface area contributed by atoms with Crippen molar-refractivity contribution < 1.29 is 0 Å². The highest BCUT2D eigenvalue weighted by atomic mass is 79.9. The number of halogens is 2. The van der Waals surface area contributed by atoms with E-state index in [4.69, 9.17) is 0 Å². The molecule has 11 heavy (non-hydrogen) atoms. The first kappa shape index (κ1) is 7.17. The lowest BCUT2D eigenvalue weighted by molar-refractivity contribution is 0.880. The maximum atomic E-state index is 3.81. The molecular formula is C5H2Br2N4. The fourth-order valence-electron chi connectivity index (χ4n) is 0.808. The summed E-state index contributed by atoms with van der Waals surface area (Å²) >= 11 is 6.53. The lowest BCUT2D eigenvalue weighted by Gasteiger charge is -1.87. The second-order valence-electron chi connectivity index (χ2n) is 1.96. The maximum Gasteiger partial charge on any atom is 0.156 e. The summed E-state index contributed by atoms with van der Waals surface area (Å²) in [6.45, 7) is 0. The first-order chi connectivity index (χ1) is 5.27. The van der Waals surface area contributed by atoms with Gasteiger partial charge in [-0.1, -0.05) is 0 Å². The van der Waals surface area contributed by atoms with Gasteiger partial charge in [-0.3, -0.25) is 0 Å². The summed E-state index contributed by atoms with van der Waals surface area (Å²) in [5.74, 6) is 0. The number of rotatable bonds is 0. The lowest BCUT2D eigenvalue weighted by atomic mass is 10.5. The number of hydrogen-bond donors (Lipinski definition) is 1. The standard InChI is InChI=1S/C5H2Br2N4/c6-3-1-2-4(8-3)5(7)10-11-9-2/h1,8H. The minimum Gasteiger partial charge on any atom is -0.346 e. The van der Waals surface area contributed by atoms with Gasteiger partial charge in [-0.2, -0.15) is 0 Å². The number of aromatic nitrogens is 4. The maximum absolute atomic E-state index is 3.81. The van der Waals surface area contributed by atoms with Crippen molar-refractivity contribution in [3.8, 4) is 0 Å². The minimum absolute atomic E-state index is 0.674. The molecule has 0 amide bonds. The van der Waals surface area contributed by atoms with Crippen LogP contribution >= 0.6 is 31.9 Å². The summed E-state index contributed by atoms with van der Waals surface area (Å²) in [6.07, 6.45) is 0. The average Bonchev–Trinajstić information content (AvgIpc) is 2.31. The van der Waals surface area contributed by atoms with Crippen molar-refractivity contribution in [3.05, 3.63) is 15.3 Å².